The molecule has 0 saturated carbocycles. The summed E-state index contributed by atoms with van der Waals surface area (Å²) < 4.78 is 5.51. The monoisotopic (exact) mass is 471 g/mol. The van der Waals surface area contributed by atoms with E-state index in [0.29, 0.717) is 23.6 Å². The van der Waals surface area contributed by atoms with Crippen LogP contribution in [0, 0.1) is 17.0 Å². The summed E-state index contributed by atoms with van der Waals surface area (Å²) in [6, 6.07) is 16.6. The van der Waals surface area contributed by atoms with Gasteiger partial charge in [-0.3, -0.25) is 29.4 Å². The molecule has 1 fully saturated rings. The lowest BCUT2D eigenvalue weighted by molar-refractivity contribution is -0.385. The standard InChI is InChI=1S/C26H21N3O6/c1-3-35-18-13-9-16(10-14-18)22-23(26(32)27(22)17-11-7-15(2)8-12-17)28-24(30)19-5-4-6-20(29(33)34)21(19)25(28)31/h4-14,22-23H,3H2,1-2H3. The van der Waals surface area contributed by atoms with Crippen LogP contribution in [0.2, 0.25) is 0 Å². The number of carbonyl (C=O) groups is 3. The molecule has 2 atom stereocenters. The SMILES string of the molecule is CCOc1ccc(C2C(N3C(=O)c4cccc([N+](=O)[O-])c4C3=O)C(=O)N2c2ccc(C)cc2)cc1. The van der Waals surface area contributed by atoms with Crippen LogP contribution in [0.5, 0.6) is 5.75 Å². The van der Waals surface area contributed by atoms with Gasteiger partial charge in [0, 0.05) is 11.8 Å². The van der Waals surface area contributed by atoms with Crippen LogP contribution >= 0.6 is 0 Å². The van der Waals surface area contributed by atoms with Crippen LogP contribution in [0.4, 0.5) is 11.4 Å². The Hall–Kier alpha value is -4.53. The number of imide groups is 1. The molecule has 9 heteroatoms. The highest BCUT2D eigenvalue weighted by atomic mass is 16.6. The third-order valence-corrected chi connectivity index (χ3v) is 6.31. The molecular formula is C26H21N3O6. The fourth-order valence-electron chi connectivity index (χ4n) is 4.67. The van der Waals surface area contributed by atoms with Crippen molar-refractivity contribution in [2.24, 2.45) is 0 Å². The van der Waals surface area contributed by atoms with E-state index in [1.807, 2.05) is 26.0 Å². The number of nitro benzene ring substituents is 1. The minimum atomic E-state index is -1.14. The molecule has 5 rings (SSSR count). The largest absolute Gasteiger partial charge is 0.494 e. The quantitative estimate of drug-likeness (QED) is 0.232. The van der Waals surface area contributed by atoms with Crippen LogP contribution in [0.1, 0.15) is 44.8 Å². The molecule has 2 aliphatic heterocycles. The summed E-state index contributed by atoms with van der Waals surface area (Å²) in [5, 5.41) is 11.5. The highest BCUT2D eigenvalue weighted by Crippen LogP contribution is 2.45. The van der Waals surface area contributed by atoms with Crippen LogP contribution in [0.25, 0.3) is 0 Å². The summed E-state index contributed by atoms with van der Waals surface area (Å²) in [6.07, 6.45) is 0. The van der Waals surface area contributed by atoms with Crippen LogP contribution in [0.3, 0.4) is 0 Å². The number of rotatable bonds is 6. The summed E-state index contributed by atoms with van der Waals surface area (Å²) in [7, 11) is 0. The van der Waals surface area contributed by atoms with Gasteiger partial charge in [0.25, 0.3) is 23.4 Å². The second-order valence-corrected chi connectivity index (χ2v) is 8.37. The van der Waals surface area contributed by atoms with E-state index in [2.05, 4.69) is 0 Å². The Morgan fingerprint density at radius 3 is 2.20 bits per heavy atom. The first-order valence-corrected chi connectivity index (χ1v) is 11.1. The molecule has 2 heterocycles. The fraction of sp³-hybridized carbons (Fsp3) is 0.192. The Bertz CT molecular complexity index is 1370. The van der Waals surface area contributed by atoms with Gasteiger partial charge in [0.2, 0.25) is 0 Å². The number of aryl methyl sites for hydroxylation is 1. The average molecular weight is 471 g/mol. The van der Waals surface area contributed by atoms with Crippen LogP contribution in [-0.4, -0.2) is 40.2 Å². The lowest BCUT2D eigenvalue weighted by Crippen LogP contribution is -2.67. The number of nitrogens with zero attached hydrogens (tertiary/aromatic N) is 3. The molecular weight excluding hydrogens is 450 g/mol. The molecule has 9 nitrogen and oxygen atoms in total. The van der Waals surface area contributed by atoms with Crippen LogP contribution < -0.4 is 9.64 Å². The topological polar surface area (TPSA) is 110 Å². The number of hydrogen-bond acceptors (Lipinski definition) is 6. The fourth-order valence-corrected chi connectivity index (χ4v) is 4.67. The molecule has 0 aromatic heterocycles. The number of anilines is 1. The van der Waals surface area contributed by atoms with E-state index in [0.717, 1.165) is 10.5 Å². The minimum Gasteiger partial charge on any atom is -0.494 e. The summed E-state index contributed by atoms with van der Waals surface area (Å²) in [6.45, 7) is 4.29. The zero-order chi connectivity index (χ0) is 24.9. The van der Waals surface area contributed by atoms with Crippen molar-refractivity contribution in [2.45, 2.75) is 25.9 Å². The molecule has 0 N–H and O–H groups in total. The van der Waals surface area contributed by atoms with E-state index in [1.165, 1.54) is 23.1 Å². The highest BCUT2D eigenvalue weighted by Gasteiger charge is 2.58. The predicted molar refractivity (Wildman–Crippen MR) is 126 cm³/mol. The van der Waals surface area contributed by atoms with Gasteiger partial charge in [0.15, 0.2) is 0 Å². The second kappa shape index (κ2) is 8.35. The zero-order valence-corrected chi connectivity index (χ0v) is 19.0. The summed E-state index contributed by atoms with van der Waals surface area (Å²) in [5.74, 6) is -1.34. The maximum absolute atomic E-state index is 13.5. The van der Waals surface area contributed by atoms with E-state index >= 15 is 0 Å². The van der Waals surface area contributed by atoms with Gasteiger partial charge < -0.3 is 9.64 Å². The van der Waals surface area contributed by atoms with E-state index in [1.54, 1.807) is 36.4 Å². The maximum atomic E-state index is 13.5. The minimum absolute atomic E-state index is 0.0729. The number of carbonyl (C=O) groups excluding carboxylic acids is 3. The predicted octanol–water partition coefficient (Wildman–Crippen LogP) is 4.05. The zero-order valence-electron chi connectivity index (χ0n) is 19.0. The lowest BCUT2D eigenvalue weighted by Gasteiger charge is -2.49. The third-order valence-electron chi connectivity index (χ3n) is 6.31. The van der Waals surface area contributed by atoms with Gasteiger partial charge in [-0.05, 0) is 49.7 Å². The first-order valence-electron chi connectivity index (χ1n) is 11.1. The van der Waals surface area contributed by atoms with E-state index in [9.17, 15) is 24.5 Å². The summed E-state index contributed by atoms with van der Waals surface area (Å²) in [5.41, 5.74) is 1.53. The molecule has 0 radical (unpaired) electrons. The van der Waals surface area contributed by atoms with E-state index in [-0.39, 0.29) is 11.1 Å². The molecule has 0 aliphatic carbocycles. The van der Waals surface area contributed by atoms with Gasteiger partial charge in [-0.15, -0.1) is 0 Å². The molecule has 35 heavy (non-hydrogen) atoms. The Morgan fingerprint density at radius 2 is 1.57 bits per heavy atom. The molecule has 2 unspecified atom stereocenters. The average Bonchev–Trinajstić information content (AvgIpc) is 3.10. The number of amides is 3. The lowest BCUT2D eigenvalue weighted by atomic mass is 9.86. The van der Waals surface area contributed by atoms with Gasteiger partial charge >= 0.3 is 0 Å². The number of benzene rings is 3. The normalized spacial score (nSPS) is 19.0. The van der Waals surface area contributed by atoms with Crippen molar-refractivity contribution in [2.75, 3.05) is 11.5 Å². The Balaban J connectivity index is 1.58. The van der Waals surface area contributed by atoms with Crippen molar-refractivity contribution in [1.29, 1.82) is 0 Å². The molecule has 3 amide bonds. The van der Waals surface area contributed by atoms with Gasteiger partial charge in [-0.2, -0.15) is 0 Å². The molecule has 176 valence electrons. The number of nitro groups is 1. The summed E-state index contributed by atoms with van der Waals surface area (Å²) in [4.78, 5) is 53.3. The van der Waals surface area contributed by atoms with Crippen molar-refractivity contribution in [3.8, 4) is 5.75 Å². The molecule has 0 spiro atoms. The first-order chi connectivity index (χ1) is 16.8. The number of hydrogen-bond donors (Lipinski definition) is 0. The Morgan fingerprint density at radius 1 is 0.886 bits per heavy atom. The van der Waals surface area contributed by atoms with Crippen molar-refractivity contribution >= 4 is 29.1 Å². The maximum Gasteiger partial charge on any atom is 0.282 e. The van der Waals surface area contributed by atoms with Crippen molar-refractivity contribution in [3.05, 3.63) is 99.1 Å². The van der Waals surface area contributed by atoms with Crippen molar-refractivity contribution in [3.63, 3.8) is 0 Å². The smallest absolute Gasteiger partial charge is 0.282 e. The second-order valence-electron chi connectivity index (χ2n) is 8.37. The van der Waals surface area contributed by atoms with Crippen molar-refractivity contribution < 1.29 is 24.0 Å². The number of ether oxygens (including phenoxy) is 1. The van der Waals surface area contributed by atoms with Gasteiger partial charge in [-0.1, -0.05) is 35.9 Å². The van der Waals surface area contributed by atoms with Crippen LogP contribution in [-0.2, 0) is 4.79 Å². The first kappa shape index (κ1) is 22.3. The van der Waals surface area contributed by atoms with E-state index in [4.69, 9.17) is 4.74 Å². The molecule has 2 aliphatic rings. The highest BCUT2D eigenvalue weighted by molar-refractivity contribution is 6.26. The number of β-lactam (4-membered cyclic amide) rings is 1. The molecule has 0 bridgehead atoms. The summed E-state index contributed by atoms with van der Waals surface area (Å²) >= 11 is 0. The Kier molecular flexibility index (Phi) is 5.32. The van der Waals surface area contributed by atoms with Crippen LogP contribution in [0.15, 0.2) is 66.7 Å². The molecule has 1 saturated heterocycles. The molecule has 3 aromatic rings. The third kappa shape index (κ3) is 3.43. The van der Waals surface area contributed by atoms with Gasteiger partial charge in [0.1, 0.15) is 17.4 Å². The van der Waals surface area contributed by atoms with E-state index < -0.39 is 40.4 Å². The Labute approximate surface area is 200 Å². The van der Waals surface area contributed by atoms with Crippen molar-refractivity contribution in [1.82, 2.24) is 4.90 Å². The van der Waals surface area contributed by atoms with Gasteiger partial charge in [0.05, 0.1) is 23.1 Å². The number of fused-ring (bicyclic) bond motifs is 1. The van der Waals surface area contributed by atoms with Gasteiger partial charge in [-0.25, -0.2) is 0 Å². The molecule has 3 aromatic carbocycles.